The first-order valence-electron chi connectivity index (χ1n) is 6.23. The van der Waals surface area contributed by atoms with Gasteiger partial charge in [-0.3, -0.25) is 4.79 Å². The molecule has 0 aliphatic rings. The predicted molar refractivity (Wildman–Crippen MR) is 74.9 cm³/mol. The lowest BCUT2D eigenvalue weighted by atomic mass is 10.0. The number of anilines is 1. The monoisotopic (exact) mass is 257 g/mol. The fraction of sp³-hybridized carbons (Fsp3) is 0.188. The molecule has 2 nitrogen and oxygen atoms in total. The molecule has 1 N–H and O–H groups in total. The number of halogens is 1. The summed E-state index contributed by atoms with van der Waals surface area (Å²) in [6.45, 7) is 4.16. The van der Waals surface area contributed by atoms with E-state index >= 15 is 0 Å². The lowest BCUT2D eigenvalue weighted by Gasteiger charge is -2.09. The van der Waals surface area contributed by atoms with Crippen molar-refractivity contribution in [3.05, 3.63) is 65.5 Å². The molecule has 0 radical (unpaired) electrons. The highest BCUT2D eigenvalue weighted by Gasteiger charge is 2.08. The molecule has 0 saturated carbocycles. The number of nitrogens with one attached hydrogen (secondary N) is 1. The normalized spacial score (nSPS) is 10.5. The van der Waals surface area contributed by atoms with E-state index in [0.717, 1.165) is 5.56 Å². The summed E-state index contributed by atoms with van der Waals surface area (Å²) in [6.07, 6.45) is 0. The molecule has 3 heteroatoms. The van der Waals surface area contributed by atoms with Gasteiger partial charge >= 0.3 is 0 Å². The number of carbonyl (C=O) groups excluding carboxylic acids is 1. The second-order valence-corrected chi connectivity index (χ2v) is 4.74. The number of amides is 1. The highest BCUT2D eigenvalue weighted by molar-refractivity contribution is 6.04. The van der Waals surface area contributed by atoms with Gasteiger partial charge in [-0.1, -0.05) is 26.0 Å². The summed E-state index contributed by atoms with van der Waals surface area (Å²) in [5.41, 5.74) is 2.31. The maximum absolute atomic E-state index is 12.8. The number of carbonyl (C=O) groups is 1. The number of hydrogen-bond donors (Lipinski definition) is 1. The standard InChI is InChI=1S/C16H16FNO/c1-11(2)12-4-3-5-13(10-12)16(19)18-15-8-6-14(17)7-9-15/h3-11H,1-2H3,(H,18,19). The zero-order valence-electron chi connectivity index (χ0n) is 11.0. The molecule has 19 heavy (non-hydrogen) atoms. The minimum absolute atomic E-state index is 0.186. The third-order valence-electron chi connectivity index (χ3n) is 2.92. The van der Waals surface area contributed by atoms with Crippen molar-refractivity contribution in [2.75, 3.05) is 5.32 Å². The molecule has 0 aromatic heterocycles. The summed E-state index contributed by atoms with van der Waals surface area (Å²) in [6, 6.07) is 13.2. The molecule has 2 aromatic rings. The van der Waals surface area contributed by atoms with Gasteiger partial charge < -0.3 is 5.32 Å². The molecule has 0 spiro atoms. The Labute approximate surface area is 112 Å². The van der Waals surface area contributed by atoms with Crippen LogP contribution in [-0.2, 0) is 0 Å². The summed E-state index contributed by atoms with van der Waals surface area (Å²) < 4.78 is 12.8. The average molecular weight is 257 g/mol. The molecule has 2 rings (SSSR count). The van der Waals surface area contributed by atoms with Crippen LogP contribution in [0.1, 0.15) is 35.7 Å². The summed E-state index contributed by atoms with van der Waals surface area (Å²) in [7, 11) is 0. The second kappa shape index (κ2) is 5.65. The molecule has 1 amide bonds. The van der Waals surface area contributed by atoms with Crippen molar-refractivity contribution in [2.45, 2.75) is 19.8 Å². The van der Waals surface area contributed by atoms with E-state index in [1.165, 1.54) is 12.1 Å². The molecule has 0 heterocycles. The van der Waals surface area contributed by atoms with Crippen LogP contribution in [0.15, 0.2) is 48.5 Å². The lowest BCUT2D eigenvalue weighted by molar-refractivity contribution is 0.102. The van der Waals surface area contributed by atoms with Gasteiger partial charge in [0.15, 0.2) is 0 Å². The SMILES string of the molecule is CC(C)c1cccc(C(=O)Nc2ccc(F)cc2)c1. The Balaban J connectivity index is 2.15. The Hall–Kier alpha value is -2.16. The van der Waals surface area contributed by atoms with Crippen LogP contribution in [0.5, 0.6) is 0 Å². The van der Waals surface area contributed by atoms with Crippen LogP contribution in [0.4, 0.5) is 10.1 Å². The summed E-state index contributed by atoms with van der Waals surface area (Å²) in [5, 5.41) is 2.75. The first-order valence-corrected chi connectivity index (χ1v) is 6.23. The smallest absolute Gasteiger partial charge is 0.255 e. The van der Waals surface area contributed by atoms with E-state index in [1.807, 2.05) is 18.2 Å². The van der Waals surface area contributed by atoms with Crippen molar-refractivity contribution in [1.82, 2.24) is 0 Å². The highest BCUT2D eigenvalue weighted by atomic mass is 19.1. The van der Waals surface area contributed by atoms with E-state index in [1.54, 1.807) is 18.2 Å². The molecular weight excluding hydrogens is 241 g/mol. The largest absolute Gasteiger partial charge is 0.322 e. The van der Waals surface area contributed by atoms with Crippen molar-refractivity contribution in [3.8, 4) is 0 Å². The molecule has 0 bridgehead atoms. The zero-order chi connectivity index (χ0) is 13.8. The van der Waals surface area contributed by atoms with Crippen LogP contribution < -0.4 is 5.32 Å². The lowest BCUT2D eigenvalue weighted by Crippen LogP contribution is -2.12. The van der Waals surface area contributed by atoms with Gasteiger partial charge in [-0.05, 0) is 47.9 Å². The molecule has 2 aromatic carbocycles. The Bertz CT molecular complexity index is 576. The minimum Gasteiger partial charge on any atom is -0.322 e. The Morgan fingerprint density at radius 2 is 1.79 bits per heavy atom. The molecule has 0 atom stereocenters. The molecule has 0 saturated heterocycles. The van der Waals surface area contributed by atoms with Crippen LogP contribution >= 0.6 is 0 Å². The predicted octanol–water partition coefficient (Wildman–Crippen LogP) is 4.20. The highest BCUT2D eigenvalue weighted by Crippen LogP contribution is 2.17. The quantitative estimate of drug-likeness (QED) is 0.877. The third-order valence-corrected chi connectivity index (χ3v) is 2.92. The third kappa shape index (κ3) is 3.41. The fourth-order valence-electron chi connectivity index (χ4n) is 1.78. The van der Waals surface area contributed by atoms with Gasteiger partial charge in [-0.2, -0.15) is 0 Å². The Morgan fingerprint density at radius 1 is 1.11 bits per heavy atom. The first-order chi connectivity index (χ1) is 9.06. The van der Waals surface area contributed by atoms with Crippen LogP contribution in [0.2, 0.25) is 0 Å². The van der Waals surface area contributed by atoms with Crippen molar-refractivity contribution in [3.63, 3.8) is 0 Å². The molecule has 0 fully saturated rings. The maximum Gasteiger partial charge on any atom is 0.255 e. The van der Waals surface area contributed by atoms with Crippen LogP contribution in [-0.4, -0.2) is 5.91 Å². The number of hydrogen-bond acceptors (Lipinski definition) is 1. The van der Waals surface area contributed by atoms with E-state index < -0.39 is 0 Å². The van der Waals surface area contributed by atoms with Crippen molar-refractivity contribution >= 4 is 11.6 Å². The van der Waals surface area contributed by atoms with Crippen LogP contribution in [0, 0.1) is 5.82 Å². The molecule has 98 valence electrons. The fourth-order valence-corrected chi connectivity index (χ4v) is 1.78. The molecule has 0 unspecified atom stereocenters. The average Bonchev–Trinajstić information content (AvgIpc) is 2.41. The second-order valence-electron chi connectivity index (χ2n) is 4.74. The number of rotatable bonds is 3. The Morgan fingerprint density at radius 3 is 2.42 bits per heavy atom. The van der Waals surface area contributed by atoms with Gasteiger partial charge in [-0.15, -0.1) is 0 Å². The first kappa shape index (κ1) is 13.3. The van der Waals surface area contributed by atoms with E-state index in [-0.39, 0.29) is 11.7 Å². The van der Waals surface area contributed by atoms with Crippen molar-refractivity contribution < 1.29 is 9.18 Å². The summed E-state index contributed by atoms with van der Waals surface area (Å²) in [5.74, 6) is -0.132. The van der Waals surface area contributed by atoms with E-state index in [4.69, 9.17) is 0 Å². The number of benzene rings is 2. The van der Waals surface area contributed by atoms with Crippen molar-refractivity contribution in [2.24, 2.45) is 0 Å². The molecular formula is C16H16FNO. The van der Waals surface area contributed by atoms with Gasteiger partial charge in [0.2, 0.25) is 0 Å². The van der Waals surface area contributed by atoms with Gasteiger partial charge in [0.25, 0.3) is 5.91 Å². The summed E-state index contributed by atoms with van der Waals surface area (Å²) in [4.78, 5) is 12.1. The Kier molecular flexibility index (Phi) is 3.95. The maximum atomic E-state index is 12.8. The topological polar surface area (TPSA) is 29.1 Å². The van der Waals surface area contributed by atoms with E-state index in [2.05, 4.69) is 19.2 Å². The van der Waals surface area contributed by atoms with Gasteiger partial charge in [-0.25, -0.2) is 4.39 Å². The minimum atomic E-state index is -0.320. The van der Waals surface area contributed by atoms with Crippen LogP contribution in [0.25, 0.3) is 0 Å². The summed E-state index contributed by atoms with van der Waals surface area (Å²) >= 11 is 0. The van der Waals surface area contributed by atoms with Crippen LogP contribution in [0.3, 0.4) is 0 Å². The van der Waals surface area contributed by atoms with Gasteiger partial charge in [0, 0.05) is 11.3 Å². The van der Waals surface area contributed by atoms with Crippen molar-refractivity contribution in [1.29, 1.82) is 0 Å². The van der Waals surface area contributed by atoms with E-state index in [9.17, 15) is 9.18 Å². The molecule has 0 aliphatic heterocycles. The van der Waals surface area contributed by atoms with E-state index in [0.29, 0.717) is 17.2 Å². The zero-order valence-corrected chi connectivity index (χ0v) is 11.0. The molecule has 0 aliphatic carbocycles. The van der Waals surface area contributed by atoms with Gasteiger partial charge in [0.05, 0.1) is 0 Å². The van der Waals surface area contributed by atoms with Gasteiger partial charge in [0.1, 0.15) is 5.82 Å².